The molecule has 3 rings (SSSR count). The van der Waals surface area contributed by atoms with E-state index in [4.69, 9.17) is 21.1 Å². The van der Waals surface area contributed by atoms with Gasteiger partial charge in [-0.2, -0.15) is 0 Å². The van der Waals surface area contributed by atoms with Crippen LogP contribution in [0.2, 0.25) is 5.02 Å². The third-order valence-electron chi connectivity index (χ3n) is 6.21. The summed E-state index contributed by atoms with van der Waals surface area (Å²) in [7, 11) is 1.60. The summed E-state index contributed by atoms with van der Waals surface area (Å²) in [5.41, 5.74) is 3.56. The molecular formula is C31H37ClN2O4. The molecule has 7 heteroatoms. The van der Waals surface area contributed by atoms with Crippen LogP contribution < -0.4 is 14.8 Å². The van der Waals surface area contributed by atoms with Gasteiger partial charge in [0.25, 0.3) is 5.91 Å². The number of ether oxygens (including phenoxy) is 2. The summed E-state index contributed by atoms with van der Waals surface area (Å²) in [6.45, 7) is 8.40. The standard InChI is InChI=1S/C31H37ClN2O4/c1-21(2)18-33-31(36)28(17-24-10-7-6-8-11-24)34(19-25-12-9-13-26(16-25)37-5)29(35)20-38-27-14-22(3)30(32)23(4)15-27/h6-16,21,28H,17-20H2,1-5H3,(H,33,36)/t28-/m0/s1. The van der Waals surface area contributed by atoms with Gasteiger partial charge in [-0.1, -0.05) is 67.9 Å². The first kappa shape index (κ1) is 29.1. The van der Waals surface area contributed by atoms with Crippen LogP contribution in [0.4, 0.5) is 0 Å². The van der Waals surface area contributed by atoms with Crippen LogP contribution in [0, 0.1) is 19.8 Å². The van der Waals surface area contributed by atoms with E-state index in [2.05, 4.69) is 5.32 Å². The summed E-state index contributed by atoms with van der Waals surface area (Å²) in [6.07, 6.45) is 0.375. The summed E-state index contributed by atoms with van der Waals surface area (Å²) in [6, 6.07) is 20.1. The van der Waals surface area contributed by atoms with Gasteiger partial charge in [0, 0.05) is 24.5 Å². The molecule has 202 valence electrons. The molecule has 3 aromatic carbocycles. The Morgan fingerprint density at radius 3 is 2.21 bits per heavy atom. The van der Waals surface area contributed by atoms with Crippen molar-refractivity contribution in [2.24, 2.45) is 5.92 Å². The van der Waals surface area contributed by atoms with Crippen molar-refractivity contribution < 1.29 is 19.1 Å². The largest absolute Gasteiger partial charge is 0.497 e. The lowest BCUT2D eigenvalue weighted by atomic mass is 10.0. The van der Waals surface area contributed by atoms with Crippen molar-refractivity contribution in [3.8, 4) is 11.5 Å². The van der Waals surface area contributed by atoms with Gasteiger partial charge >= 0.3 is 0 Å². The third-order valence-corrected chi connectivity index (χ3v) is 6.81. The first-order valence-electron chi connectivity index (χ1n) is 12.8. The fourth-order valence-electron chi connectivity index (χ4n) is 4.16. The SMILES string of the molecule is COc1cccc(CN(C(=O)COc2cc(C)c(Cl)c(C)c2)[C@@H](Cc2ccccc2)C(=O)NCC(C)C)c1. The van der Waals surface area contributed by atoms with E-state index in [9.17, 15) is 9.59 Å². The Hall–Kier alpha value is -3.51. The number of halogens is 1. The second kappa shape index (κ2) is 13.9. The molecule has 0 aliphatic carbocycles. The van der Waals surface area contributed by atoms with E-state index in [-0.39, 0.29) is 30.9 Å². The highest BCUT2D eigenvalue weighted by atomic mass is 35.5. The molecule has 0 saturated heterocycles. The number of nitrogens with one attached hydrogen (secondary N) is 1. The van der Waals surface area contributed by atoms with E-state index in [1.165, 1.54) is 0 Å². The smallest absolute Gasteiger partial charge is 0.261 e. The molecule has 6 nitrogen and oxygen atoms in total. The van der Waals surface area contributed by atoms with Crippen LogP contribution >= 0.6 is 11.6 Å². The van der Waals surface area contributed by atoms with Gasteiger partial charge in [-0.15, -0.1) is 0 Å². The van der Waals surface area contributed by atoms with Gasteiger partial charge in [0.1, 0.15) is 17.5 Å². The number of benzene rings is 3. The van der Waals surface area contributed by atoms with E-state index in [0.29, 0.717) is 29.5 Å². The summed E-state index contributed by atoms with van der Waals surface area (Å²) in [5.74, 6) is 1.03. The van der Waals surface area contributed by atoms with Gasteiger partial charge < -0.3 is 19.7 Å². The zero-order chi connectivity index (χ0) is 27.7. The zero-order valence-electron chi connectivity index (χ0n) is 22.8. The molecule has 1 N–H and O–H groups in total. The lowest BCUT2D eigenvalue weighted by molar-refractivity contribution is -0.142. The average Bonchev–Trinajstić information content (AvgIpc) is 2.91. The predicted octanol–water partition coefficient (Wildman–Crippen LogP) is 5.76. The van der Waals surface area contributed by atoms with E-state index in [1.54, 1.807) is 12.0 Å². The monoisotopic (exact) mass is 536 g/mol. The fourth-order valence-corrected chi connectivity index (χ4v) is 4.27. The Balaban J connectivity index is 1.93. The number of nitrogens with zero attached hydrogens (tertiary/aromatic N) is 1. The number of carbonyl (C=O) groups is 2. The van der Waals surface area contributed by atoms with Gasteiger partial charge in [-0.3, -0.25) is 9.59 Å². The van der Waals surface area contributed by atoms with Crippen molar-refractivity contribution in [3.63, 3.8) is 0 Å². The Morgan fingerprint density at radius 1 is 0.921 bits per heavy atom. The lowest BCUT2D eigenvalue weighted by Gasteiger charge is -2.32. The van der Waals surface area contributed by atoms with Crippen LogP contribution in [0.25, 0.3) is 0 Å². The first-order valence-corrected chi connectivity index (χ1v) is 13.2. The molecule has 0 aliphatic rings. The number of methoxy groups -OCH3 is 1. The molecule has 0 heterocycles. The quantitative estimate of drug-likeness (QED) is 0.320. The molecule has 0 spiro atoms. The van der Waals surface area contributed by atoms with Crippen molar-refractivity contribution in [2.75, 3.05) is 20.3 Å². The number of hydrogen-bond acceptors (Lipinski definition) is 4. The molecule has 3 aromatic rings. The van der Waals surface area contributed by atoms with Crippen molar-refractivity contribution in [3.05, 3.63) is 94.0 Å². The minimum Gasteiger partial charge on any atom is -0.497 e. The molecule has 0 saturated carbocycles. The van der Waals surface area contributed by atoms with E-state index in [0.717, 1.165) is 22.3 Å². The highest BCUT2D eigenvalue weighted by Crippen LogP contribution is 2.26. The summed E-state index contributed by atoms with van der Waals surface area (Å²) in [4.78, 5) is 28.9. The maximum atomic E-state index is 13.8. The molecule has 0 aliphatic heterocycles. The summed E-state index contributed by atoms with van der Waals surface area (Å²) < 4.78 is 11.3. The zero-order valence-corrected chi connectivity index (χ0v) is 23.5. The maximum Gasteiger partial charge on any atom is 0.261 e. The maximum absolute atomic E-state index is 13.8. The molecule has 1 atom stereocenters. The number of hydrogen-bond donors (Lipinski definition) is 1. The molecule has 2 amide bonds. The van der Waals surface area contributed by atoms with E-state index >= 15 is 0 Å². The van der Waals surface area contributed by atoms with E-state index in [1.807, 2.05) is 94.4 Å². The molecule has 0 unspecified atom stereocenters. The lowest BCUT2D eigenvalue weighted by Crippen LogP contribution is -2.52. The molecule has 0 bridgehead atoms. The van der Waals surface area contributed by atoms with Gasteiger partial charge in [0.15, 0.2) is 6.61 Å². The van der Waals surface area contributed by atoms with Crippen LogP contribution in [0.15, 0.2) is 66.7 Å². The minimum atomic E-state index is -0.729. The average molecular weight is 537 g/mol. The van der Waals surface area contributed by atoms with Crippen LogP contribution in [0.1, 0.15) is 36.1 Å². The molecule has 0 aromatic heterocycles. The van der Waals surface area contributed by atoms with Gasteiger partial charge in [0.2, 0.25) is 5.91 Å². The second-order valence-electron chi connectivity index (χ2n) is 9.88. The van der Waals surface area contributed by atoms with Crippen LogP contribution in [0.5, 0.6) is 11.5 Å². The van der Waals surface area contributed by atoms with Crippen molar-refractivity contribution in [2.45, 2.75) is 46.7 Å². The molecular weight excluding hydrogens is 500 g/mol. The fraction of sp³-hybridized carbons (Fsp3) is 0.355. The predicted molar refractivity (Wildman–Crippen MR) is 152 cm³/mol. The highest BCUT2D eigenvalue weighted by Gasteiger charge is 2.31. The van der Waals surface area contributed by atoms with Gasteiger partial charge in [-0.05, 0) is 66.3 Å². The summed E-state index contributed by atoms with van der Waals surface area (Å²) >= 11 is 6.30. The number of aryl methyl sites for hydroxylation is 2. The van der Waals surface area contributed by atoms with Crippen LogP contribution in [-0.2, 0) is 22.6 Å². The topological polar surface area (TPSA) is 67.9 Å². The number of carbonyl (C=O) groups excluding carboxylic acids is 2. The molecule has 0 fully saturated rings. The van der Waals surface area contributed by atoms with Crippen molar-refractivity contribution in [1.29, 1.82) is 0 Å². The number of rotatable bonds is 12. The normalized spacial score (nSPS) is 11.7. The van der Waals surface area contributed by atoms with Crippen molar-refractivity contribution >= 4 is 23.4 Å². The van der Waals surface area contributed by atoms with Crippen molar-refractivity contribution in [1.82, 2.24) is 10.2 Å². The van der Waals surface area contributed by atoms with E-state index < -0.39 is 6.04 Å². The highest BCUT2D eigenvalue weighted by molar-refractivity contribution is 6.32. The van der Waals surface area contributed by atoms with Crippen LogP contribution in [0.3, 0.4) is 0 Å². The Bertz CT molecular complexity index is 1210. The Morgan fingerprint density at radius 2 is 1.58 bits per heavy atom. The third kappa shape index (κ3) is 8.25. The van der Waals surface area contributed by atoms with Gasteiger partial charge in [0.05, 0.1) is 7.11 Å². The Kier molecular flexibility index (Phi) is 10.6. The second-order valence-corrected chi connectivity index (χ2v) is 10.3. The van der Waals surface area contributed by atoms with Gasteiger partial charge in [-0.25, -0.2) is 0 Å². The molecule has 0 radical (unpaired) electrons. The Labute approximate surface area is 230 Å². The first-order chi connectivity index (χ1) is 18.2. The summed E-state index contributed by atoms with van der Waals surface area (Å²) in [5, 5.41) is 3.70. The molecule has 38 heavy (non-hydrogen) atoms. The van der Waals surface area contributed by atoms with Crippen LogP contribution in [-0.4, -0.2) is 43.0 Å². The number of amides is 2. The minimum absolute atomic E-state index is 0.197.